The Morgan fingerprint density at radius 2 is 1.92 bits per heavy atom. The highest BCUT2D eigenvalue weighted by Gasteiger charge is 2.26. The molecule has 1 saturated carbocycles. The molecule has 25 heavy (non-hydrogen) atoms. The maximum absolute atomic E-state index is 12.8. The number of carbonyl (C=O) groups excluding carboxylic acids is 1. The lowest BCUT2D eigenvalue weighted by atomic mass is 9.96. The van der Waals surface area contributed by atoms with Gasteiger partial charge in [-0.1, -0.05) is 33.1 Å². The van der Waals surface area contributed by atoms with Crippen LogP contribution in [-0.2, 0) is 10.0 Å². The lowest BCUT2D eigenvalue weighted by molar-refractivity contribution is 0.0948. The van der Waals surface area contributed by atoms with Crippen LogP contribution in [0.1, 0.15) is 56.3 Å². The van der Waals surface area contributed by atoms with E-state index in [-0.39, 0.29) is 22.6 Å². The minimum absolute atomic E-state index is 0.0118. The molecule has 0 atom stereocenters. The number of hydrogen-bond donors (Lipinski definition) is 2. The van der Waals surface area contributed by atoms with E-state index in [2.05, 4.69) is 10.0 Å². The van der Waals surface area contributed by atoms with E-state index in [0.717, 1.165) is 32.1 Å². The Bertz CT molecular complexity index is 695. The fourth-order valence-corrected chi connectivity index (χ4v) is 4.43. The van der Waals surface area contributed by atoms with Crippen molar-refractivity contribution < 1.29 is 17.9 Å². The first-order valence-corrected chi connectivity index (χ1v) is 10.3. The number of hydrogen-bond acceptors (Lipinski definition) is 4. The zero-order chi connectivity index (χ0) is 18.4. The average Bonchev–Trinajstić information content (AvgIpc) is 2.59. The second kappa shape index (κ2) is 8.67. The van der Waals surface area contributed by atoms with Crippen molar-refractivity contribution in [2.24, 2.45) is 5.92 Å². The first-order valence-electron chi connectivity index (χ1n) is 8.82. The third-order valence-electron chi connectivity index (χ3n) is 4.31. The van der Waals surface area contributed by atoms with Gasteiger partial charge < -0.3 is 10.1 Å². The van der Waals surface area contributed by atoms with Gasteiger partial charge in [0.25, 0.3) is 5.91 Å². The van der Waals surface area contributed by atoms with Gasteiger partial charge in [0, 0.05) is 18.2 Å². The largest absolute Gasteiger partial charge is 0.495 e. The Hall–Kier alpha value is -1.60. The van der Waals surface area contributed by atoms with Gasteiger partial charge in [-0.05, 0) is 37.0 Å². The molecular weight excluding hydrogens is 340 g/mol. The summed E-state index contributed by atoms with van der Waals surface area (Å²) in [6, 6.07) is 4.44. The molecule has 0 aliphatic heterocycles. The fraction of sp³-hybridized carbons (Fsp3) is 0.611. The zero-order valence-electron chi connectivity index (χ0n) is 15.2. The Balaban J connectivity index is 2.24. The molecule has 7 heteroatoms. The number of rotatable bonds is 7. The molecule has 1 fully saturated rings. The number of methoxy groups -OCH3 is 1. The molecule has 1 aromatic rings. The summed E-state index contributed by atoms with van der Waals surface area (Å²) in [6.45, 7) is 4.53. The molecule has 0 aromatic heterocycles. The second-order valence-corrected chi connectivity index (χ2v) is 8.61. The monoisotopic (exact) mass is 368 g/mol. The van der Waals surface area contributed by atoms with Gasteiger partial charge in [0.2, 0.25) is 10.0 Å². The maximum atomic E-state index is 12.8. The van der Waals surface area contributed by atoms with E-state index in [1.165, 1.54) is 19.2 Å². The summed E-state index contributed by atoms with van der Waals surface area (Å²) in [7, 11) is -2.32. The highest BCUT2D eigenvalue weighted by molar-refractivity contribution is 7.89. The molecule has 2 N–H and O–H groups in total. The van der Waals surface area contributed by atoms with Crippen LogP contribution in [0.3, 0.4) is 0 Å². The first-order chi connectivity index (χ1) is 11.8. The predicted molar refractivity (Wildman–Crippen MR) is 97.4 cm³/mol. The van der Waals surface area contributed by atoms with Gasteiger partial charge in [0.1, 0.15) is 10.6 Å². The van der Waals surface area contributed by atoms with Crippen molar-refractivity contribution >= 4 is 15.9 Å². The summed E-state index contributed by atoms with van der Waals surface area (Å²) in [6.07, 6.45) is 4.89. The Morgan fingerprint density at radius 3 is 2.52 bits per heavy atom. The molecule has 0 spiro atoms. The number of amides is 1. The van der Waals surface area contributed by atoms with Gasteiger partial charge in [-0.2, -0.15) is 0 Å². The van der Waals surface area contributed by atoms with Crippen LogP contribution in [0.25, 0.3) is 0 Å². The highest BCUT2D eigenvalue weighted by Crippen LogP contribution is 2.27. The van der Waals surface area contributed by atoms with Crippen LogP contribution < -0.4 is 14.8 Å². The van der Waals surface area contributed by atoms with E-state index in [1.807, 2.05) is 13.8 Å². The van der Waals surface area contributed by atoms with E-state index >= 15 is 0 Å². The van der Waals surface area contributed by atoms with Gasteiger partial charge in [0.05, 0.1) is 7.11 Å². The van der Waals surface area contributed by atoms with Gasteiger partial charge in [-0.15, -0.1) is 0 Å². The summed E-state index contributed by atoms with van der Waals surface area (Å²) in [5, 5.41) is 2.80. The Kier molecular flexibility index (Phi) is 6.84. The topological polar surface area (TPSA) is 84.5 Å². The van der Waals surface area contributed by atoms with E-state index in [9.17, 15) is 13.2 Å². The normalized spacial score (nSPS) is 16.0. The second-order valence-electron chi connectivity index (χ2n) is 6.93. The third kappa shape index (κ3) is 5.44. The molecule has 0 saturated heterocycles. The average molecular weight is 368 g/mol. The lowest BCUT2D eigenvalue weighted by Gasteiger charge is -2.23. The number of carbonyl (C=O) groups is 1. The van der Waals surface area contributed by atoms with E-state index in [1.54, 1.807) is 6.07 Å². The van der Waals surface area contributed by atoms with Crippen LogP contribution in [0.15, 0.2) is 23.1 Å². The smallest absolute Gasteiger partial charge is 0.251 e. The number of sulfonamides is 1. The quantitative estimate of drug-likeness (QED) is 0.775. The number of ether oxygens (including phenoxy) is 1. The van der Waals surface area contributed by atoms with Crippen molar-refractivity contribution in [2.75, 3.05) is 13.7 Å². The van der Waals surface area contributed by atoms with E-state index in [0.29, 0.717) is 18.0 Å². The summed E-state index contributed by atoms with van der Waals surface area (Å²) >= 11 is 0. The van der Waals surface area contributed by atoms with Gasteiger partial charge in [-0.25, -0.2) is 13.1 Å². The Morgan fingerprint density at radius 1 is 1.24 bits per heavy atom. The Labute approximate surface area is 150 Å². The molecule has 2 rings (SSSR count). The standard InChI is InChI=1S/C18H28N2O4S/c1-13(2)12-19-18(21)14-9-10-16(24-3)17(11-14)25(22,23)20-15-7-5-4-6-8-15/h9-11,13,15,20H,4-8,12H2,1-3H3,(H,19,21). The molecule has 1 aliphatic carbocycles. The first kappa shape index (κ1) is 19.7. The summed E-state index contributed by atoms with van der Waals surface area (Å²) in [5.74, 6) is 0.271. The number of benzene rings is 1. The SMILES string of the molecule is COc1ccc(C(=O)NCC(C)C)cc1S(=O)(=O)NC1CCCCC1. The minimum Gasteiger partial charge on any atom is -0.495 e. The fourth-order valence-electron chi connectivity index (χ4n) is 2.93. The van der Waals surface area contributed by atoms with Crippen LogP contribution in [0.5, 0.6) is 5.75 Å². The molecule has 0 radical (unpaired) electrons. The van der Waals surface area contributed by atoms with E-state index < -0.39 is 10.0 Å². The van der Waals surface area contributed by atoms with Crippen LogP contribution in [-0.4, -0.2) is 34.0 Å². The highest BCUT2D eigenvalue weighted by atomic mass is 32.2. The molecule has 1 aromatic carbocycles. The number of nitrogens with one attached hydrogen (secondary N) is 2. The van der Waals surface area contributed by atoms with Crippen molar-refractivity contribution in [3.63, 3.8) is 0 Å². The zero-order valence-corrected chi connectivity index (χ0v) is 16.0. The van der Waals surface area contributed by atoms with Crippen molar-refractivity contribution in [1.82, 2.24) is 10.0 Å². The molecule has 1 aliphatic rings. The van der Waals surface area contributed by atoms with Crippen LogP contribution in [0.4, 0.5) is 0 Å². The van der Waals surface area contributed by atoms with E-state index in [4.69, 9.17) is 4.74 Å². The minimum atomic E-state index is -3.74. The van der Waals surface area contributed by atoms with Gasteiger partial charge in [-0.3, -0.25) is 4.79 Å². The molecular formula is C18H28N2O4S. The summed E-state index contributed by atoms with van der Waals surface area (Å²) in [5.41, 5.74) is 0.311. The third-order valence-corrected chi connectivity index (χ3v) is 5.85. The predicted octanol–water partition coefficient (Wildman–Crippen LogP) is 2.69. The van der Waals surface area contributed by atoms with Crippen molar-refractivity contribution in [2.45, 2.75) is 56.9 Å². The van der Waals surface area contributed by atoms with Gasteiger partial charge >= 0.3 is 0 Å². The molecule has 0 heterocycles. The summed E-state index contributed by atoms with van der Waals surface area (Å²) < 4.78 is 33.6. The van der Waals surface area contributed by atoms with Crippen molar-refractivity contribution in [3.8, 4) is 5.75 Å². The van der Waals surface area contributed by atoms with Crippen LogP contribution in [0, 0.1) is 5.92 Å². The molecule has 1 amide bonds. The van der Waals surface area contributed by atoms with Crippen molar-refractivity contribution in [3.05, 3.63) is 23.8 Å². The maximum Gasteiger partial charge on any atom is 0.251 e. The van der Waals surface area contributed by atoms with Gasteiger partial charge in [0.15, 0.2) is 0 Å². The molecule has 140 valence electrons. The molecule has 0 bridgehead atoms. The lowest BCUT2D eigenvalue weighted by Crippen LogP contribution is -2.36. The van der Waals surface area contributed by atoms with Crippen LogP contribution >= 0.6 is 0 Å². The summed E-state index contributed by atoms with van der Waals surface area (Å²) in [4.78, 5) is 12.3. The van der Waals surface area contributed by atoms with Crippen molar-refractivity contribution in [1.29, 1.82) is 0 Å². The molecule has 6 nitrogen and oxygen atoms in total. The molecule has 0 unspecified atom stereocenters. The van der Waals surface area contributed by atoms with Crippen LogP contribution in [0.2, 0.25) is 0 Å².